The van der Waals surface area contributed by atoms with E-state index in [4.69, 9.17) is 5.26 Å². The third-order valence-electron chi connectivity index (χ3n) is 3.89. The molecule has 12 heteroatoms. The minimum Gasteiger partial charge on any atom is -0.346 e. The molecule has 2 aromatic carbocycles. The summed E-state index contributed by atoms with van der Waals surface area (Å²) in [5.41, 5.74) is 5.80. The Morgan fingerprint density at radius 2 is 1.53 bits per heavy atom. The average molecular weight is 476 g/mol. The van der Waals surface area contributed by atoms with Gasteiger partial charge < -0.3 is 5.32 Å². The monoisotopic (exact) mass is 475 g/mol. The lowest BCUT2D eigenvalue weighted by molar-refractivity contribution is -0.128. The molecule has 0 heterocycles. The molecule has 2 aromatic rings. The first kappa shape index (κ1) is 24.9. The minimum atomic E-state index is -3.95. The highest BCUT2D eigenvalue weighted by Crippen LogP contribution is 2.17. The Balaban J connectivity index is 1.66. The zero-order valence-electron chi connectivity index (χ0n) is 17.0. The van der Waals surface area contributed by atoms with Gasteiger partial charge in [0, 0.05) is 4.90 Å². The summed E-state index contributed by atoms with van der Waals surface area (Å²) in [6.45, 7) is 0.915. The molecule has 10 nitrogen and oxygen atoms in total. The van der Waals surface area contributed by atoms with Crippen molar-refractivity contribution in [2.45, 2.75) is 16.7 Å². The SMILES string of the molecule is Cc1ccc(SCC(=O)NNC(=O)CNC(=O)CNS(=O)(=O)c2ccc(C#N)cc2)cc1. The second kappa shape index (κ2) is 11.8. The van der Waals surface area contributed by atoms with E-state index in [2.05, 4.69) is 20.9 Å². The molecule has 0 bridgehead atoms. The van der Waals surface area contributed by atoms with E-state index in [9.17, 15) is 22.8 Å². The molecule has 0 saturated heterocycles. The zero-order valence-corrected chi connectivity index (χ0v) is 18.7. The fourth-order valence-electron chi connectivity index (χ4n) is 2.20. The smallest absolute Gasteiger partial charge is 0.257 e. The zero-order chi connectivity index (χ0) is 23.6. The van der Waals surface area contributed by atoms with E-state index >= 15 is 0 Å². The van der Waals surface area contributed by atoms with Crippen molar-refractivity contribution >= 4 is 39.5 Å². The van der Waals surface area contributed by atoms with Gasteiger partial charge >= 0.3 is 0 Å². The molecule has 0 radical (unpaired) electrons. The number of rotatable bonds is 9. The van der Waals surface area contributed by atoms with E-state index in [0.29, 0.717) is 5.56 Å². The molecule has 32 heavy (non-hydrogen) atoms. The number of carbonyl (C=O) groups is 3. The molecule has 0 fully saturated rings. The highest BCUT2D eigenvalue weighted by molar-refractivity contribution is 8.00. The van der Waals surface area contributed by atoms with Crippen molar-refractivity contribution in [1.82, 2.24) is 20.9 Å². The van der Waals surface area contributed by atoms with E-state index in [1.165, 1.54) is 36.0 Å². The van der Waals surface area contributed by atoms with Crippen LogP contribution in [0, 0.1) is 18.3 Å². The van der Waals surface area contributed by atoms with Gasteiger partial charge in [0.1, 0.15) is 0 Å². The van der Waals surface area contributed by atoms with Gasteiger partial charge in [0.25, 0.3) is 5.91 Å². The Labute approximate surface area is 189 Å². The van der Waals surface area contributed by atoms with Gasteiger partial charge in [-0.3, -0.25) is 25.2 Å². The number of benzene rings is 2. The average Bonchev–Trinajstić information content (AvgIpc) is 2.79. The molecule has 0 spiro atoms. The minimum absolute atomic E-state index is 0.0901. The van der Waals surface area contributed by atoms with Gasteiger partial charge in [-0.05, 0) is 43.3 Å². The molecule has 168 valence electrons. The van der Waals surface area contributed by atoms with E-state index in [0.717, 1.165) is 10.5 Å². The second-order valence-electron chi connectivity index (χ2n) is 6.44. The predicted octanol–water partition coefficient (Wildman–Crippen LogP) is 0.201. The maximum absolute atomic E-state index is 12.1. The number of carbonyl (C=O) groups excluding carboxylic acids is 3. The quantitative estimate of drug-likeness (QED) is 0.298. The molecule has 3 amide bonds. The van der Waals surface area contributed by atoms with Crippen LogP contribution < -0.4 is 20.9 Å². The summed E-state index contributed by atoms with van der Waals surface area (Å²) in [5, 5.41) is 11.0. The van der Waals surface area contributed by atoms with Crippen molar-refractivity contribution in [3.63, 3.8) is 0 Å². The predicted molar refractivity (Wildman–Crippen MR) is 118 cm³/mol. The van der Waals surface area contributed by atoms with Gasteiger partial charge in [0.2, 0.25) is 21.8 Å². The van der Waals surface area contributed by atoms with Gasteiger partial charge in [0.05, 0.1) is 35.4 Å². The molecule has 0 aromatic heterocycles. The van der Waals surface area contributed by atoms with Crippen LogP contribution in [-0.2, 0) is 24.4 Å². The van der Waals surface area contributed by atoms with E-state index < -0.39 is 40.8 Å². The van der Waals surface area contributed by atoms with Crippen LogP contribution in [0.5, 0.6) is 0 Å². The molecule has 4 N–H and O–H groups in total. The van der Waals surface area contributed by atoms with Crippen LogP contribution in [0.3, 0.4) is 0 Å². The summed E-state index contributed by atoms with van der Waals surface area (Å²) in [4.78, 5) is 36.1. The molecule has 2 rings (SSSR count). The molecule has 0 aliphatic rings. The number of thioether (sulfide) groups is 1. The Bertz CT molecular complexity index is 1110. The van der Waals surface area contributed by atoms with E-state index in [-0.39, 0.29) is 10.6 Å². The van der Waals surface area contributed by atoms with Gasteiger partial charge in [0.15, 0.2) is 0 Å². The third kappa shape index (κ3) is 8.38. The molecule has 0 unspecified atom stereocenters. The van der Waals surface area contributed by atoms with Crippen LogP contribution in [-0.4, -0.2) is 45.0 Å². The van der Waals surface area contributed by atoms with Crippen molar-refractivity contribution in [2.24, 2.45) is 0 Å². The first-order valence-electron chi connectivity index (χ1n) is 9.23. The van der Waals surface area contributed by atoms with Crippen molar-refractivity contribution < 1.29 is 22.8 Å². The maximum atomic E-state index is 12.1. The molecular formula is C20H21N5O5S2. The number of nitriles is 1. The van der Waals surface area contributed by atoms with Crippen LogP contribution in [0.15, 0.2) is 58.3 Å². The fraction of sp³-hybridized carbons (Fsp3) is 0.200. The lowest BCUT2D eigenvalue weighted by Crippen LogP contribution is -2.48. The number of hydrazine groups is 1. The first-order chi connectivity index (χ1) is 15.2. The Hall–Kier alpha value is -3.40. The number of hydrogen-bond donors (Lipinski definition) is 4. The second-order valence-corrected chi connectivity index (χ2v) is 9.25. The summed E-state index contributed by atoms with van der Waals surface area (Å²) in [6, 6.07) is 14.7. The number of sulfonamides is 1. The summed E-state index contributed by atoms with van der Waals surface area (Å²) < 4.78 is 26.4. The van der Waals surface area contributed by atoms with Crippen molar-refractivity contribution in [3.8, 4) is 6.07 Å². The molecule has 0 saturated carbocycles. The largest absolute Gasteiger partial charge is 0.346 e. The number of nitrogens with one attached hydrogen (secondary N) is 4. The lowest BCUT2D eigenvalue weighted by Gasteiger charge is -2.09. The van der Waals surface area contributed by atoms with E-state index in [1.807, 2.05) is 37.3 Å². The first-order valence-corrected chi connectivity index (χ1v) is 11.7. The van der Waals surface area contributed by atoms with Crippen LogP contribution in [0.4, 0.5) is 0 Å². The molecule has 0 aliphatic carbocycles. The normalized spacial score (nSPS) is 10.6. The summed E-state index contributed by atoms with van der Waals surface area (Å²) in [6.07, 6.45) is 0. The highest BCUT2D eigenvalue weighted by atomic mass is 32.2. The summed E-state index contributed by atoms with van der Waals surface area (Å²) in [5.74, 6) is -1.75. The lowest BCUT2D eigenvalue weighted by atomic mass is 10.2. The van der Waals surface area contributed by atoms with Gasteiger partial charge in [-0.25, -0.2) is 13.1 Å². The Morgan fingerprint density at radius 3 is 2.16 bits per heavy atom. The summed E-state index contributed by atoms with van der Waals surface area (Å²) in [7, 11) is -3.95. The fourth-order valence-corrected chi connectivity index (χ4v) is 3.88. The van der Waals surface area contributed by atoms with Crippen LogP contribution in [0.1, 0.15) is 11.1 Å². The molecular weight excluding hydrogens is 454 g/mol. The van der Waals surface area contributed by atoms with Crippen LogP contribution >= 0.6 is 11.8 Å². The molecule has 0 aliphatic heterocycles. The van der Waals surface area contributed by atoms with E-state index in [1.54, 1.807) is 0 Å². The van der Waals surface area contributed by atoms with Crippen LogP contribution in [0.2, 0.25) is 0 Å². The standard InChI is InChI=1S/C20H21N5O5S2/c1-14-2-6-16(7-3-14)31-13-20(28)25-24-19(27)11-22-18(26)12-23-32(29,30)17-8-4-15(10-21)5-9-17/h2-9,23H,11-13H2,1H3,(H,22,26)(H,24,27)(H,25,28). The Morgan fingerprint density at radius 1 is 0.906 bits per heavy atom. The number of aryl methyl sites for hydroxylation is 1. The van der Waals surface area contributed by atoms with Gasteiger partial charge in [-0.1, -0.05) is 17.7 Å². The van der Waals surface area contributed by atoms with Crippen molar-refractivity contribution in [1.29, 1.82) is 5.26 Å². The van der Waals surface area contributed by atoms with Gasteiger partial charge in [-0.2, -0.15) is 5.26 Å². The van der Waals surface area contributed by atoms with Crippen molar-refractivity contribution in [2.75, 3.05) is 18.8 Å². The number of nitrogens with zero attached hydrogens (tertiary/aromatic N) is 1. The van der Waals surface area contributed by atoms with Gasteiger partial charge in [-0.15, -0.1) is 11.8 Å². The summed E-state index contributed by atoms with van der Waals surface area (Å²) >= 11 is 1.30. The highest BCUT2D eigenvalue weighted by Gasteiger charge is 2.16. The van der Waals surface area contributed by atoms with Crippen LogP contribution in [0.25, 0.3) is 0 Å². The third-order valence-corrected chi connectivity index (χ3v) is 6.32. The maximum Gasteiger partial charge on any atom is 0.257 e. The van der Waals surface area contributed by atoms with Crippen molar-refractivity contribution in [3.05, 3.63) is 59.7 Å². The Kier molecular flexibility index (Phi) is 9.21. The topological polar surface area (TPSA) is 157 Å². The number of hydrogen-bond acceptors (Lipinski definition) is 7. The number of amides is 3. The molecule has 0 atom stereocenters.